The molecule has 4 heteroatoms. The Kier molecular flexibility index (Phi) is 4.99. The Morgan fingerprint density at radius 1 is 1.09 bits per heavy atom. The molecule has 0 aromatic heterocycles. The summed E-state index contributed by atoms with van der Waals surface area (Å²) in [6.45, 7) is 1.23. The quantitative estimate of drug-likeness (QED) is 0.801. The molecule has 1 aliphatic carbocycles. The van der Waals surface area contributed by atoms with Crippen molar-refractivity contribution in [1.82, 2.24) is 4.90 Å². The van der Waals surface area contributed by atoms with Crippen molar-refractivity contribution >= 4 is 23.2 Å². The Balaban J connectivity index is 1.65. The molecule has 120 valence electrons. The minimum atomic E-state index is 0.122. The van der Waals surface area contributed by atoms with Gasteiger partial charge in [0.2, 0.25) is 5.91 Å². The Morgan fingerprint density at radius 3 is 2.35 bits per heavy atom. The molecule has 2 aromatic carbocycles. The first-order valence-corrected chi connectivity index (χ1v) is 8.31. The highest BCUT2D eigenvalue weighted by atomic mass is 35.5. The molecule has 0 spiro atoms. The van der Waals surface area contributed by atoms with Crippen LogP contribution in [0.4, 0.5) is 5.69 Å². The van der Waals surface area contributed by atoms with Crippen molar-refractivity contribution < 1.29 is 4.79 Å². The van der Waals surface area contributed by atoms with Gasteiger partial charge in [0.05, 0.1) is 6.54 Å². The second kappa shape index (κ2) is 7.16. The number of halogens is 1. The zero-order chi connectivity index (χ0) is 16.2. The summed E-state index contributed by atoms with van der Waals surface area (Å²) < 4.78 is 0. The van der Waals surface area contributed by atoms with E-state index < -0.39 is 0 Å². The lowest BCUT2D eigenvalue weighted by atomic mass is 10.2. The van der Waals surface area contributed by atoms with E-state index in [1.165, 1.54) is 18.4 Å². The Bertz CT molecular complexity index is 653. The summed E-state index contributed by atoms with van der Waals surface area (Å²) in [6.07, 6.45) is 2.35. The molecule has 3 nitrogen and oxygen atoms in total. The molecule has 0 N–H and O–H groups in total. The van der Waals surface area contributed by atoms with Gasteiger partial charge < -0.3 is 4.90 Å². The van der Waals surface area contributed by atoms with E-state index in [0.29, 0.717) is 12.6 Å². The molecule has 0 unspecified atom stereocenters. The molecule has 0 aliphatic heterocycles. The van der Waals surface area contributed by atoms with Crippen molar-refractivity contribution in [3.05, 3.63) is 65.2 Å². The number of hydrogen-bond acceptors (Lipinski definition) is 2. The summed E-state index contributed by atoms with van der Waals surface area (Å²) in [4.78, 5) is 16.6. The number of likely N-dealkylation sites (N-methyl/N-ethyl adjacent to an activating group) is 1. The van der Waals surface area contributed by atoms with E-state index in [1.807, 2.05) is 61.6 Å². The largest absolute Gasteiger partial charge is 0.314 e. The fourth-order valence-electron chi connectivity index (χ4n) is 2.65. The van der Waals surface area contributed by atoms with E-state index >= 15 is 0 Å². The van der Waals surface area contributed by atoms with Crippen LogP contribution < -0.4 is 4.90 Å². The molecule has 23 heavy (non-hydrogen) atoms. The Morgan fingerprint density at radius 2 is 1.74 bits per heavy atom. The number of carbonyl (C=O) groups is 1. The number of nitrogens with zero attached hydrogens (tertiary/aromatic N) is 2. The van der Waals surface area contributed by atoms with Crippen LogP contribution in [0, 0.1) is 0 Å². The van der Waals surface area contributed by atoms with Crippen molar-refractivity contribution in [2.24, 2.45) is 0 Å². The minimum absolute atomic E-state index is 0.122. The second-order valence-corrected chi connectivity index (χ2v) is 6.49. The molecule has 0 saturated heterocycles. The Labute approximate surface area is 142 Å². The highest BCUT2D eigenvalue weighted by Crippen LogP contribution is 2.28. The molecule has 3 rings (SSSR count). The van der Waals surface area contributed by atoms with Crippen LogP contribution in [0.25, 0.3) is 0 Å². The van der Waals surface area contributed by atoms with Crippen molar-refractivity contribution in [3.8, 4) is 0 Å². The summed E-state index contributed by atoms with van der Waals surface area (Å²) in [5, 5.41) is 0.742. The molecule has 0 atom stereocenters. The summed E-state index contributed by atoms with van der Waals surface area (Å²) in [6, 6.07) is 18.2. The molecular weight excluding hydrogens is 308 g/mol. The number of rotatable bonds is 6. The van der Waals surface area contributed by atoms with Crippen LogP contribution in [0.15, 0.2) is 54.6 Å². The zero-order valence-electron chi connectivity index (χ0n) is 13.3. The van der Waals surface area contributed by atoms with Crippen LogP contribution in [0.2, 0.25) is 5.02 Å². The third kappa shape index (κ3) is 4.34. The first-order chi connectivity index (χ1) is 11.1. The lowest BCUT2D eigenvalue weighted by molar-refractivity contribution is -0.119. The number of hydrogen-bond donors (Lipinski definition) is 0. The van der Waals surface area contributed by atoms with Gasteiger partial charge in [-0.2, -0.15) is 0 Å². The molecule has 1 aliphatic rings. The highest BCUT2D eigenvalue weighted by Gasteiger charge is 2.31. The number of para-hydroxylation sites is 1. The average Bonchev–Trinajstić information content (AvgIpc) is 3.41. The summed E-state index contributed by atoms with van der Waals surface area (Å²) >= 11 is 5.94. The summed E-state index contributed by atoms with van der Waals surface area (Å²) in [5.41, 5.74) is 2.12. The first kappa shape index (κ1) is 16.0. The monoisotopic (exact) mass is 328 g/mol. The van der Waals surface area contributed by atoms with Gasteiger partial charge in [-0.1, -0.05) is 41.9 Å². The average molecular weight is 329 g/mol. The van der Waals surface area contributed by atoms with Crippen LogP contribution >= 0.6 is 11.6 Å². The van der Waals surface area contributed by atoms with Gasteiger partial charge in [-0.25, -0.2) is 0 Å². The molecule has 1 fully saturated rings. The zero-order valence-corrected chi connectivity index (χ0v) is 14.0. The van der Waals surface area contributed by atoms with Crippen LogP contribution in [0.1, 0.15) is 18.4 Å². The molecule has 0 bridgehead atoms. The number of benzene rings is 2. The lowest BCUT2D eigenvalue weighted by Gasteiger charge is -2.25. The van der Waals surface area contributed by atoms with Gasteiger partial charge in [0.15, 0.2) is 0 Å². The van der Waals surface area contributed by atoms with E-state index in [2.05, 4.69) is 4.90 Å². The Hall–Kier alpha value is -1.84. The van der Waals surface area contributed by atoms with Gasteiger partial charge in [-0.15, -0.1) is 0 Å². The molecule has 2 aromatic rings. The lowest BCUT2D eigenvalue weighted by Crippen LogP contribution is -2.39. The maximum Gasteiger partial charge on any atom is 0.240 e. The molecule has 1 saturated carbocycles. The van der Waals surface area contributed by atoms with Crippen molar-refractivity contribution in [3.63, 3.8) is 0 Å². The molecule has 1 amide bonds. The van der Waals surface area contributed by atoms with Gasteiger partial charge in [-0.05, 0) is 42.7 Å². The van der Waals surface area contributed by atoms with E-state index in [-0.39, 0.29) is 5.91 Å². The molecular formula is C19H21ClN2O. The summed E-state index contributed by atoms with van der Waals surface area (Å²) in [5.74, 6) is 0.122. The fraction of sp³-hybridized carbons (Fsp3) is 0.316. The second-order valence-electron chi connectivity index (χ2n) is 6.05. The molecule has 0 radical (unpaired) electrons. The smallest absolute Gasteiger partial charge is 0.240 e. The number of amides is 1. The van der Waals surface area contributed by atoms with Crippen LogP contribution in [0.5, 0.6) is 0 Å². The topological polar surface area (TPSA) is 23.6 Å². The predicted molar refractivity (Wildman–Crippen MR) is 94.7 cm³/mol. The van der Waals surface area contributed by atoms with Gasteiger partial charge in [0, 0.05) is 30.3 Å². The highest BCUT2D eigenvalue weighted by molar-refractivity contribution is 6.30. The number of carbonyl (C=O) groups excluding carboxylic acids is 1. The summed E-state index contributed by atoms with van der Waals surface area (Å²) in [7, 11) is 1.84. The van der Waals surface area contributed by atoms with Gasteiger partial charge in [-0.3, -0.25) is 9.69 Å². The maximum atomic E-state index is 12.6. The van der Waals surface area contributed by atoms with Crippen LogP contribution in [-0.4, -0.2) is 30.4 Å². The van der Waals surface area contributed by atoms with Crippen LogP contribution in [-0.2, 0) is 11.3 Å². The number of anilines is 1. The van der Waals surface area contributed by atoms with Crippen molar-refractivity contribution in [2.75, 3.05) is 18.5 Å². The first-order valence-electron chi connectivity index (χ1n) is 7.93. The SMILES string of the molecule is CN(C(=O)CN(Cc1ccc(Cl)cc1)C1CC1)c1ccccc1. The predicted octanol–water partition coefficient (Wildman–Crippen LogP) is 3.97. The van der Waals surface area contributed by atoms with E-state index in [1.54, 1.807) is 4.90 Å². The maximum absolute atomic E-state index is 12.6. The van der Waals surface area contributed by atoms with Crippen molar-refractivity contribution in [1.29, 1.82) is 0 Å². The third-order valence-corrected chi connectivity index (χ3v) is 4.47. The standard InChI is InChI=1S/C19H21ClN2O/c1-21(17-5-3-2-4-6-17)19(23)14-22(18-11-12-18)13-15-7-9-16(20)10-8-15/h2-10,18H,11-14H2,1H3. The van der Waals surface area contributed by atoms with Crippen molar-refractivity contribution in [2.45, 2.75) is 25.4 Å². The van der Waals surface area contributed by atoms with E-state index in [4.69, 9.17) is 11.6 Å². The third-order valence-electron chi connectivity index (χ3n) is 4.22. The van der Waals surface area contributed by atoms with Gasteiger partial charge >= 0.3 is 0 Å². The van der Waals surface area contributed by atoms with Gasteiger partial charge in [0.1, 0.15) is 0 Å². The normalized spacial score (nSPS) is 14.0. The van der Waals surface area contributed by atoms with Gasteiger partial charge in [0.25, 0.3) is 0 Å². The fourth-order valence-corrected chi connectivity index (χ4v) is 2.78. The van der Waals surface area contributed by atoms with E-state index in [0.717, 1.165) is 17.3 Å². The molecule has 0 heterocycles. The van der Waals surface area contributed by atoms with Crippen LogP contribution in [0.3, 0.4) is 0 Å². The van der Waals surface area contributed by atoms with E-state index in [9.17, 15) is 4.79 Å². The minimum Gasteiger partial charge on any atom is -0.314 e.